The monoisotopic (exact) mass is 357 g/mol. The first-order valence-electron chi connectivity index (χ1n) is 8.54. The summed E-state index contributed by atoms with van der Waals surface area (Å²) in [5, 5.41) is 13.1. The van der Waals surface area contributed by atoms with E-state index in [9.17, 15) is 10.1 Å². The van der Waals surface area contributed by atoms with Crippen LogP contribution in [0, 0.1) is 25.2 Å². The van der Waals surface area contributed by atoms with Gasteiger partial charge in [0, 0.05) is 5.56 Å². The number of hydrazone groups is 1. The van der Waals surface area contributed by atoms with E-state index in [1.165, 1.54) is 6.21 Å². The third kappa shape index (κ3) is 4.50. The van der Waals surface area contributed by atoms with Gasteiger partial charge in [0.05, 0.1) is 24.3 Å². The molecule has 1 N–H and O–H groups in total. The van der Waals surface area contributed by atoms with Crippen LogP contribution in [0.4, 0.5) is 0 Å². The van der Waals surface area contributed by atoms with E-state index in [4.69, 9.17) is 4.42 Å². The zero-order valence-corrected chi connectivity index (χ0v) is 15.2. The summed E-state index contributed by atoms with van der Waals surface area (Å²) in [6.07, 6.45) is 1.71. The number of carbonyl (C=O) groups is 1. The minimum atomic E-state index is -0.193. The predicted octanol–water partition coefficient (Wildman–Crippen LogP) is 4.13. The second-order valence-electron chi connectivity index (χ2n) is 6.26. The third-order valence-corrected chi connectivity index (χ3v) is 4.18. The van der Waals surface area contributed by atoms with E-state index in [1.807, 2.05) is 44.2 Å². The van der Waals surface area contributed by atoms with Crippen molar-refractivity contribution in [3.8, 4) is 17.4 Å². The van der Waals surface area contributed by atoms with Crippen LogP contribution in [0.2, 0.25) is 0 Å². The lowest BCUT2D eigenvalue weighted by Crippen LogP contribution is -2.20. The van der Waals surface area contributed by atoms with Crippen molar-refractivity contribution < 1.29 is 9.21 Å². The molecule has 0 fully saturated rings. The smallest absolute Gasteiger partial charge is 0.244 e. The molecule has 0 radical (unpaired) electrons. The van der Waals surface area contributed by atoms with Gasteiger partial charge in [0.1, 0.15) is 11.5 Å². The molecule has 27 heavy (non-hydrogen) atoms. The van der Waals surface area contributed by atoms with Crippen LogP contribution in [0.25, 0.3) is 11.3 Å². The standard InChI is InChI=1S/C22H19N3O2/c1-15-7-8-16(2)18(11-15)12-22(26)25-24-14-19-9-10-21(27-19)20-6-4-3-5-17(20)13-23/h3-11,14H,12H2,1-2H3,(H,25,26)/b24-14-. The number of nitrogens with one attached hydrogen (secondary N) is 1. The Kier molecular flexibility index (Phi) is 5.48. The molecule has 5 heteroatoms. The number of benzene rings is 2. The molecule has 1 heterocycles. The van der Waals surface area contributed by atoms with Gasteiger partial charge in [0.25, 0.3) is 0 Å². The van der Waals surface area contributed by atoms with Crippen molar-refractivity contribution in [2.24, 2.45) is 5.10 Å². The Labute approximate surface area is 157 Å². The van der Waals surface area contributed by atoms with Gasteiger partial charge in [-0.05, 0) is 49.2 Å². The van der Waals surface area contributed by atoms with Gasteiger partial charge in [0.2, 0.25) is 5.91 Å². The predicted molar refractivity (Wildman–Crippen MR) is 104 cm³/mol. The molecule has 0 bridgehead atoms. The lowest BCUT2D eigenvalue weighted by molar-refractivity contribution is -0.120. The van der Waals surface area contributed by atoms with Crippen molar-refractivity contribution in [2.45, 2.75) is 20.3 Å². The van der Waals surface area contributed by atoms with Gasteiger partial charge in [-0.15, -0.1) is 0 Å². The summed E-state index contributed by atoms with van der Waals surface area (Å²) < 4.78 is 5.70. The maximum absolute atomic E-state index is 12.1. The molecule has 0 aliphatic rings. The number of nitriles is 1. The summed E-state index contributed by atoms with van der Waals surface area (Å²) in [6, 6.07) is 18.9. The number of aryl methyl sites for hydroxylation is 2. The Morgan fingerprint density at radius 3 is 2.81 bits per heavy atom. The summed E-state index contributed by atoms with van der Waals surface area (Å²) in [7, 11) is 0. The van der Waals surface area contributed by atoms with E-state index in [-0.39, 0.29) is 12.3 Å². The number of rotatable bonds is 5. The lowest BCUT2D eigenvalue weighted by atomic mass is 10.0. The SMILES string of the molecule is Cc1ccc(C)c(CC(=O)N/N=C\c2ccc(-c3ccccc3C#N)o2)c1. The van der Waals surface area contributed by atoms with Gasteiger partial charge < -0.3 is 4.42 Å². The number of nitrogens with zero attached hydrogens (tertiary/aromatic N) is 2. The maximum Gasteiger partial charge on any atom is 0.244 e. The number of furan rings is 1. The van der Waals surface area contributed by atoms with E-state index in [2.05, 4.69) is 16.6 Å². The molecule has 3 aromatic rings. The number of hydrogen-bond donors (Lipinski definition) is 1. The Morgan fingerprint density at radius 1 is 1.19 bits per heavy atom. The highest BCUT2D eigenvalue weighted by Gasteiger charge is 2.09. The summed E-state index contributed by atoms with van der Waals surface area (Å²) in [5.74, 6) is 0.877. The third-order valence-electron chi connectivity index (χ3n) is 4.18. The normalized spacial score (nSPS) is 10.7. The summed E-state index contributed by atoms with van der Waals surface area (Å²) in [4.78, 5) is 12.1. The molecule has 0 saturated carbocycles. The zero-order chi connectivity index (χ0) is 19.2. The van der Waals surface area contributed by atoms with Crippen LogP contribution < -0.4 is 5.43 Å². The Bertz CT molecular complexity index is 1040. The molecule has 3 rings (SSSR count). The summed E-state index contributed by atoms with van der Waals surface area (Å²) in [6.45, 7) is 3.98. The molecule has 5 nitrogen and oxygen atoms in total. The maximum atomic E-state index is 12.1. The lowest BCUT2D eigenvalue weighted by Gasteiger charge is -2.05. The fourth-order valence-corrected chi connectivity index (χ4v) is 2.73. The molecular formula is C22H19N3O2. The van der Waals surface area contributed by atoms with E-state index in [1.54, 1.807) is 24.3 Å². The number of carbonyl (C=O) groups excluding carboxylic acids is 1. The van der Waals surface area contributed by atoms with Crippen LogP contribution >= 0.6 is 0 Å². The van der Waals surface area contributed by atoms with E-state index >= 15 is 0 Å². The van der Waals surface area contributed by atoms with Gasteiger partial charge in [-0.25, -0.2) is 5.43 Å². The largest absolute Gasteiger partial charge is 0.455 e. The fraction of sp³-hybridized carbons (Fsp3) is 0.136. The first kappa shape index (κ1) is 18.2. The van der Waals surface area contributed by atoms with Gasteiger partial charge in [0.15, 0.2) is 0 Å². The quantitative estimate of drug-likeness (QED) is 0.551. The van der Waals surface area contributed by atoms with Gasteiger partial charge >= 0.3 is 0 Å². The van der Waals surface area contributed by atoms with Crippen molar-refractivity contribution in [1.29, 1.82) is 5.26 Å². The zero-order valence-electron chi connectivity index (χ0n) is 15.2. The molecule has 1 aromatic heterocycles. The van der Waals surface area contributed by atoms with Crippen molar-refractivity contribution in [3.63, 3.8) is 0 Å². The van der Waals surface area contributed by atoms with Crippen molar-refractivity contribution in [2.75, 3.05) is 0 Å². The molecule has 0 spiro atoms. The highest BCUT2D eigenvalue weighted by Crippen LogP contribution is 2.24. The summed E-state index contributed by atoms with van der Waals surface area (Å²) >= 11 is 0. The van der Waals surface area contributed by atoms with E-state index in [0.717, 1.165) is 22.3 Å². The Hall–Kier alpha value is -3.65. The molecule has 0 atom stereocenters. The molecule has 134 valence electrons. The fourth-order valence-electron chi connectivity index (χ4n) is 2.73. The molecule has 0 saturated heterocycles. The van der Waals surface area contributed by atoms with E-state index < -0.39 is 0 Å². The Balaban J connectivity index is 1.64. The number of amides is 1. The second kappa shape index (κ2) is 8.15. The minimum Gasteiger partial charge on any atom is -0.455 e. The molecule has 0 aliphatic heterocycles. The van der Waals surface area contributed by atoms with E-state index in [0.29, 0.717) is 17.1 Å². The Morgan fingerprint density at radius 2 is 2.00 bits per heavy atom. The average molecular weight is 357 g/mol. The average Bonchev–Trinajstić information content (AvgIpc) is 3.13. The minimum absolute atomic E-state index is 0.193. The first-order valence-corrected chi connectivity index (χ1v) is 8.54. The molecule has 2 aromatic carbocycles. The summed E-state index contributed by atoms with van der Waals surface area (Å²) in [5.41, 5.74) is 6.95. The van der Waals surface area contributed by atoms with Gasteiger partial charge in [-0.3, -0.25) is 4.79 Å². The van der Waals surface area contributed by atoms with Gasteiger partial charge in [-0.1, -0.05) is 35.9 Å². The van der Waals surface area contributed by atoms with Crippen LogP contribution in [0.1, 0.15) is 28.0 Å². The highest BCUT2D eigenvalue weighted by atomic mass is 16.3. The van der Waals surface area contributed by atoms with Crippen LogP contribution in [0.15, 0.2) is 64.1 Å². The van der Waals surface area contributed by atoms with Crippen LogP contribution in [0.3, 0.4) is 0 Å². The van der Waals surface area contributed by atoms with Crippen LogP contribution in [-0.2, 0) is 11.2 Å². The van der Waals surface area contributed by atoms with Crippen molar-refractivity contribution in [1.82, 2.24) is 5.43 Å². The van der Waals surface area contributed by atoms with Gasteiger partial charge in [-0.2, -0.15) is 10.4 Å². The molecular weight excluding hydrogens is 338 g/mol. The first-order chi connectivity index (χ1) is 13.1. The second-order valence-corrected chi connectivity index (χ2v) is 6.26. The molecule has 0 unspecified atom stereocenters. The highest BCUT2D eigenvalue weighted by molar-refractivity contribution is 5.82. The van der Waals surface area contributed by atoms with Crippen molar-refractivity contribution >= 4 is 12.1 Å². The molecule has 1 amide bonds. The van der Waals surface area contributed by atoms with Crippen LogP contribution in [0.5, 0.6) is 0 Å². The van der Waals surface area contributed by atoms with Crippen molar-refractivity contribution in [3.05, 3.63) is 82.6 Å². The molecule has 0 aliphatic carbocycles. The number of hydrogen-bond acceptors (Lipinski definition) is 4. The topological polar surface area (TPSA) is 78.4 Å². The van der Waals surface area contributed by atoms with Crippen LogP contribution in [-0.4, -0.2) is 12.1 Å².